The molecule has 0 aliphatic carbocycles. The van der Waals surface area contributed by atoms with Crippen molar-refractivity contribution >= 4 is 19.0 Å². The highest BCUT2D eigenvalue weighted by atomic mass is 16.4. The molecule has 8 nitrogen and oxygen atoms in total. The van der Waals surface area contributed by atoms with Gasteiger partial charge in [-0.3, -0.25) is 9.59 Å². The third-order valence-corrected chi connectivity index (χ3v) is 4.96. The Balaban J connectivity index is 2.02. The highest BCUT2D eigenvalue weighted by molar-refractivity contribution is 6.40. The number of nitrogens with two attached hydrogens (primary N) is 2. The van der Waals surface area contributed by atoms with Crippen LogP contribution in [0.2, 0.25) is 6.32 Å². The van der Waals surface area contributed by atoms with Crippen molar-refractivity contribution in [3.05, 3.63) is 35.9 Å². The quantitative estimate of drug-likeness (QED) is 0.374. The number of amides is 1. The largest absolute Gasteiger partial charge is 0.480 e. The average Bonchev–Trinajstić information content (AvgIpc) is 2.93. The third kappa shape index (κ3) is 4.82. The highest BCUT2D eigenvalue weighted by Crippen LogP contribution is 2.31. The van der Waals surface area contributed by atoms with E-state index in [0.717, 1.165) is 5.56 Å². The lowest BCUT2D eigenvalue weighted by molar-refractivity contribution is -0.144. The highest BCUT2D eigenvalue weighted by Gasteiger charge is 2.50. The molecule has 1 heterocycles. The van der Waals surface area contributed by atoms with Crippen LogP contribution < -0.4 is 11.5 Å². The van der Waals surface area contributed by atoms with Crippen LogP contribution in [-0.4, -0.2) is 63.7 Å². The van der Waals surface area contributed by atoms with Gasteiger partial charge in [0.1, 0.15) is 5.54 Å². The van der Waals surface area contributed by atoms with Crippen molar-refractivity contribution < 1.29 is 24.7 Å². The number of carbonyl (C=O) groups excluding carboxylic acids is 1. The summed E-state index contributed by atoms with van der Waals surface area (Å²) >= 11 is 0. The number of carboxylic acids is 1. The molecule has 0 spiro atoms. The van der Waals surface area contributed by atoms with Gasteiger partial charge in [0.15, 0.2) is 0 Å². The predicted molar refractivity (Wildman–Crippen MR) is 97.0 cm³/mol. The monoisotopic (exact) mass is 363 g/mol. The lowest BCUT2D eigenvalue weighted by Gasteiger charge is -2.25. The topological polar surface area (TPSA) is 150 Å². The van der Waals surface area contributed by atoms with E-state index in [4.69, 9.17) is 21.5 Å². The summed E-state index contributed by atoms with van der Waals surface area (Å²) in [6, 6.07) is 8.59. The first-order chi connectivity index (χ1) is 12.2. The lowest BCUT2D eigenvalue weighted by atomic mass is 9.78. The molecule has 1 aliphatic rings. The van der Waals surface area contributed by atoms with Crippen molar-refractivity contribution in [2.75, 3.05) is 13.1 Å². The van der Waals surface area contributed by atoms with Crippen molar-refractivity contribution in [1.29, 1.82) is 0 Å². The number of carboxylic acid groups (broad SMARTS) is 1. The molecule has 142 valence electrons. The Labute approximate surface area is 152 Å². The second kappa shape index (κ2) is 8.63. The molecule has 0 saturated carbocycles. The zero-order valence-electron chi connectivity index (χ0n) is 14.6. The maximum Gasteiger partial charge on any atom is 0.451 e. The van der Waals surface area contributed by atoms with E-state index in [9.17, 15) is 14.7 Å². The SMILES string of the molecule is N[C@@H](Cc1ccccc1)C(=O)N1CC(CCCB(O)O)[C@](N)(C(=O)O)C1. The molecule has 9 heteroatoms. The minimum absolute atomic E-state index is 0.101. The number of rotatable bonds is 8. The van der Waals surface area contributed by atoms with Gasteiger partial charge in [-0.1, -0.05) is 36.8 Å². The number of hydrogen-bond acceptors (Lipinski definition) is 6. The van der Waals surface area contributed by atoms with E-state index in [0.29, 0.717) is 19.3 Å². The second-order valence-corrected chi connectivity index (χ2v) is 6.97. The normalized spacial score (nSPS) is 23.7. The van der Waals surface area contributed by atoms with E-state index >= 15 is 0 Å². The zero-order chi connectivity index (χ0) is 19.3. The van der Waals surface area contributed by atoms with Crippen LogP contribution in [0.3, 0.4) is 0 Å². The van der Waals surface area contributed by atoms with Crippen molar-refractivity contribution in [1.82, 2.24) is 4.90 Å². The Morgan fingerprint density at radius 1 is 1.31 bits per heavy atom. The summed E-state index contributed by atoms with van der Waals surface area (Å²) < 4.78 is 0. The van der Waals surface area contributed by atoms with Crippen LogP contribution in [0.4, 0.5) is 0 Å². The molecule has 1 aliphatic heterocycles. The molecular weight excluding hydrogens is 337 g/mol. The molecule has 0 aromatic heterocycles. The zero-order valence-corrected chi connectivity index (χ0v) is 14.6. The van der Waals surface area contributed by atoms with E-state index in [1.165, 1.54) is 4.90 Å². The second-order valence-electron chi connectivity index (χ2n) is 6.97. The van der Waals surface area contributed by atoms with Gasteiger partial charge in [-0.05, 0) is 24.7 Å². The maximum absolute atomic E-state index is 12.7. The smallest absolute Gasteiger partial charge is 0.451 e. The number of hydrogen-bond donors (Lipinski definition) is 5. The van der Waals surface area contributed by atoms with Gasteiger partial charge in [0.05, 0.1) is 6.04 Å². The molecule has 1 amide bonds. The molecule has 0 radical (unpaired) electrons. The predicted octanol–water partition coefficient (Wildman–Crippen LogP) is -0.950. The van der Waals surface area contributed by atoms with E-state index in [-0.39, 0.29) is 25.3 Å². The average molecular weight is 363 g/mol. The number of likely N-dealkylation sites (tertiary alicyclic amines) is 1. The van der Waals surface area contributed by atoms with Crippen molar-refractivity contribution in [2.45, 2.75) is 37.2 Å². The fraction of sp³-hybridized carbons (Fsp3) is 0.529. The van der Waals surface area contributed by atoms with Crippen LogP contribution in [0.25, 0.3) is 0 Å². The Morgan fingerprint density at radius 2 is 1.96 bits per heavy atom. The summed E-state index contributed by atoms with van der Waals surface area (Å²) in [5.41, 5.74) is 11.5. The molecular formula is C17H26BN3O5. The molecule has 3 atom stereocenters. The molecule has 26 heavy (non-hydrogen) atoms. The summed E-state index contributed by atoms with van der Waals surface area (Å²) in [5.74, 6) is -1.96. The summed E-state index contributed by atoms with van der Waals surface area (Å²) in [5, 5.41) is 27.4. The van der Waals surface area contributed by atoms with E-state index in [1.807, 2.05) is 30.3 Å². The molecule has 1 aromatic carbocycles. The Morgan fingerprint density at radius 3 is 2.54 bits per heavy atom. The minimum Gasteiger partial charge on any atom is -0.480 e. The minimum atomic E-state index is -1.55. The molecule has 1 unspecified atom stereocenters. The number of benzene rings is 1. The maximum atomic E-state index is 12.7. The van der Waals surface area contributed by atoms with Crippen molar-refractivity contribution in [3.63, 3.8) is 0 Å². The molecule has 2 rings (SSSR count). The first-order valence-corrected chi connectivity index (χ1v) is 8.70. The Kier molecular flexibility index (Phi) is 6.77. The van der Waals surface area contributed by atoms with Crippen LogP contribution in [0.5, 0.6) is 0 Å². The van der Waals surface area contributed by atoms with E-state index in [1.54, 1.807) is 0 Å². The number of aliphatic carboxylic acids is 1. The summed E-state index contributed by atoms with van der Waals surface area (Å²) in [4.78, 5) is 25.7. The molecule has 0 bridgehead atoms. The molecule has 1 fully saturated rings. The third-order valence-electron chi connectivity index (χ3n) is 4.96. The standard InChI is InChI=1S/C17H26BN3O5/c19-14(9-12-5-2-1-3-6-12)15(22)21-10-13(7-4-8-18(25)26)17(20,11-21)16(23)24/h1-3,5-6,13-14,25-26H,4,7-11,19-20H2,(H,23,24)/t13?,14-,17-/m0/s1. The van der Waals surface area contributed by atoms with Gasteiger partial charge in [-0.15, -0.1) is 0 Å². The molecule has 1 saturated heterocycles. The molecule has 7 N–H and O–H groups in total. The van der Waals surface area contributed by atoms with Crippen molar-refractivity contribution in [2.24, 2.45) is 17.4 Å². The van der Waals surface area contributed by atoms with Gasteiger partial charge in [0.25, 0.3) is 0 Å². The van der Waals surface area contributed by atoms with E-state index in [2.05, 4.69) is 0 Å². The summed E-state index contributed by atoms with van der Waals surface area (Å²) in [6.07, 6.45) is 1.29. The van der Waals surface area contributed by atoms with Gasteiger partial charge >= 0.3 is 13.1 Å². The van der Waals surface area contributed by atoms with Crippen LogP contribution in [0.1, 0.15) is 18.4 Å². The fourth-order valence-electron chi connectivity index (χ4n) is 3.43. The van der Waals surface area contributed by atoms with Gasteiger partial charge in [-0.2, -0.15) is 0 Å². The Bertz CT molecular complexity index is 630. The van der Waals surface area contributed by atoms with Crippen LogP contribution in [0.15, 0.2) is 30.3 Å². The lowest BCUT2D eigenvalue weighted by Crippen LogP contribution is -2.55. The van der Waals surface area contributed by atoms with Crippen molar-refractivity contribution in [3.8, 4) is 0 Å². The van der Waals surface area contributed by atoms with Gasteiger partial charge < -0.3 is 31.5 Å². The fourth-order valence-corrected chi connectivity index (χ4v) is 3.43. The first-order valence-electron chi connectivity index (χ1n) is 8.70. The van der Waals surface area contributed by atoms with Crippen LogP contribution >= 0.6 is 0 Å². The number of nitrogens with zero attached hydrogens (tertiary/aromatic N) is 1. The Hall–Kier alpha value is -1.94. The summed E-state index contributed by atoms with van der Waals surface area (Å²) in [6.45, 7) is 0.0989. The van der Waals surface area contributed by atoms with Gasteiger partial charge in [0, 0.05) is 19.0 Å². The first kappa shape index (κ1) is 20.4. The number of carbonyl (C=O) groups is 2. The van der Waals surface area contributed by atoms with Crippen LogP contribution in [-0.2, 0) is 16.0 Å². The van der Waals surface area contributed by atoms with Crippen LogP contribution in [0, 0.1) is 5.92 Å². The van der Waals surface area contributed by atoms with Gasteiger partial charge in [-0.25, -0.2) is 0 Å². The van der Waals surface area contributed by atoms with E-state index < -0.39 is 30.6 Å². The van der Waals surface area contributed by atoms with Gasteiger partial charge in [0.2, 0.25) is 5.91 Å². The molecule has 1 aromatic rings. The summed E-state index contributed by atoms with van der Waals surface area (Å²) in [7, 11) is -1.44.